The topological polar surface area (TPSA) is 107 Å². The van der Waals surface area contributed by atoms with Gasteiger partial charge in [0.1, 0.15) is 0 Å². The molecule has 1 aromatic rings. The molecule has 1 aromatic carbocycles. The van der Waals surface area contributed by atoms with Gasteiger partial charge in [-0.05, 0) is 55.7 Å². The van der Waals surface area contributed by atoms with Crippen molar-refractivity contribution in [2.75, 3.05) is 13.1 Å². The summed E-state index contributed by atoms with van der Waals surface area (Å²) >= 11 is 0. The Kier molecular flexibility index (Phi) is 4.39. The normalized spacial score (nSPS) is 27.9. The van der Waals surface area contributed by atoms with E-state index in [9.17, 15) is 18.5 Å². The Morgan fingerprint density at radius 3 is 2.50 bits per heavy atom. The first-order chi connectivity index (χ1) is 11.2. The number of aryl methyl sites for hydroxylation is 2. The van der Waals surface area contributed by atoms with Crippen LogP contribution in [0.3, 0.4) is 0 Å². The molecule has 132 valence electrons. The molecule has 8 heteroatoms. The largest absolute Gasteiger partial charge is 0.327 e. The summed E-state index contributed by atoms with van der Waals surface area (Å²) in [6, 6.07) is 2.78. The molecule has 3 rings (SSSR count). The van der Waals surface area contributed by atoms with Crippen LogP contribution in [-0.4, -0.2) is 36.8 Å². The van der Waals surface area contributed by atoms with Gasteiger partial charge in [-0.3, -0.25) is 10.1 Å². The molecule has 2 fully saturated rings. The Labute approximate surface area is 142 Å². The molecule has 0 bridgehead atoms. The first-order valence-electron chi connectivity index (χ1n) is 8.23. The second-order valence-electron chi connectivity index (χ2n) is 7.00. The van der Waals surface area contributed by atoms with Crippen molar-refractivity contribution >= 4 is 15.7 Å². The van der Waals surface area contributed by atoms with Crippen LogP contribution < -0.4 is 5.73 Å². The number of nitro benzene ring substituents is 1. The highest BCUT2D eigenvalue weighted by atomic mass is 32.2. The minimum atomic E-state index is -3.90. The fraction of sp³-hybridized carbons (Fsp3) is 0.625. The van der Waals surface area contributed by atoms with Crippen molar-refractivity contribution < 1.29 is 13.3 Å². The molecule has 0 amide bonds. The van der Waals surface area contributed by atoms with Gasteiger partial charge >= 0.3 is 0 Å². The number of nitro groups is 1. The highest BCUT2D eigenvalue weighted by molar-refractivity contribution is 7.89. The monoisotopic (exact) mass is 353 g/mol. The van der Waals surface area contributed by atoms with Crippen LogP contribution in [0.4, 0.5) is 5.69 Å². The zero-order valence-electron chi connectivity index (χ0n) is 13.9. The summed E-state index contributed by atoms with van der Waals surface area (Å²) in [6.07, 6.45) is 2.90. The van der Waals surface area contributed by atoms with Crippen LogP contribution in [0.15, 0.2) is 17.0 Å². The van der Waals surface area contributed by atoms with E-state index in [1.165, 1.54) is 16.4 Å². The van der Waals surface area contributed by atoms with Crippen LogP contribution >= 0.6 is 0 Å². The average molecular weight is 353 g/mol. The summed E-state index contributed by atoms with van der Waals surface area (Å²) in [4.78, 5) is 10.5. The van der Waals surface area contributed by atoms with Crippen molar-refractivity contribution in [1.82, 2.24) is 4.31 Å². The van der Waals surface area contributed by atoms with Gasteiger partial charge in [0, 0.05) is 25.2 Å². The zero-order valence-corrected chi connectivity index (χ0v) is 14.8. The van der Waals surface area contributed by atoms with Gasteiger partial charge in [0.2, 0.25) is 10.0 Å². The molecule has 1 heterocycles. The Morgan fingerprint density at radius 1 is 1.21 bits per heavy atom. The quantitative estimate of drug-likeness (QED) is 0.660. The van der Waals surface area contributed by atoms with Crippen molar-refractivity contribution in [3.8, 4) is 0 Å². The molecule has 3 atom stereocenters. The van der Waals surface area contributed by atoms with Crippen molar-refractivity contribution in [1.29, 1.82) is 0 Å². The molecule has 7 nitrogen and oxygen atoms in total. The number of hydrogen-bond acceptors (Lipinski definition) is 5. The van der Waals surface area contributed by atoms with Crippen molar-refractivity contribution in [3.63, 3.8) is 0 Å². The van der Waals surface area contributed by atoms with Gasteiger partial charge < -0.3 is 5.73 Å². The summed E-state index contributed by atoms with van der Waals surface area (Å²) in [5.41, 5.74) is 7.24. The van der Waals surface area contributed by atoms with Crippen LogP contribution in [0.2, 0.25) is 0 Å². The third-order valence-corrected chi connectivity index (χ3v) is 7.37. The lowest BCUT2D eigenvalue weighted by Crippen LogP contribution is -2.38. The maximum Gasteiger partial charge on any atom is 0.289 e. The van der Waals surface area contributed by atoms with E-state index in [-0.39, 0.29) is 28.5 Å². The summed E-state index contributed by atoms with van der Waals surface area (Å²) in [5.74, 6) is 0.410. The van der Waals surface area contributed by atoms with E-state index < -0.39 is 14.9 Å². The maximum atomic E-state index is 13.1. The molecule has 1 saturated heterocycles. The Morgan fingerprint density at radius 2 is 1.88 bits per heavy atom. The van der Waals surface area contributed by atoms with E-state index >= 15 is 0 Å². The second-order valence-corrected chi connectivity index (χ2v) is 8.91. The van der Waals surface area contributed by atoms with E-state index in [2.05, 4.69) is 0 Å². The number of rotatable bonds is 3. The maximum absolute atomic E-state index is 13.1. The Bertz CT molecular complexity index is 778. The van der Waals surface area contributed by atoms with Crippen LogP contribution in [0.25, 0.3) is 0 Å². The molecule has 1 aliphatic heterocycles. The number of sulfonamides is 1. The summed E-state index contributed by atoms with van der Waals surface area (Å²) in [6.45, 7) is 4.27. The van der Waals surface area contributed by atoms with Gasteiger partial charge in [0.15, 0.2) is 4.90 Å². The molecule has 0 radical (unpaired) electrons. The molecule has 1 saturated carbocycles. The SMILES string of the molecule is Cc1cc([N+](=O)[O-])c(S(=O)(=O)N2CC3CCCC(N)C3C2)cc1C. The van der Waals surface area contributed by atoms with Crippen LogP contribution in [0.1, 0.15) is 30.4 Å². The van der Waals surface area contributed by atoms with Gasteiger partial charge in [-0.25, -0.2) is 8.42 Å². The van der Waals surface area contributed by atoms with Gasteiger partial charge in [0.25, 0.3) is 5.69 Å². The molecule has 0 spiro atoms. The second kappa shape index (κ2) is 6.09. The zero-order chi connectivity index (χ0) is 17.6. The van der Waals surface area contributed by atoms with Crippen LogP contribution in [0.5, 0.6) is 0 Å². The molecular weight excluding hydrogens is 330 g/mol. The lowest BCUT2D eigenvalue weighted by molar-refractivity contribution is -0.387. The minimum absolute atomic E-state index is 0.0127. The van der Waals surface area contributed by atoms with E-state index in [1.807, 2.05) is 0 Å². The number of benzene rings is 1. The van der Waals surface area contributed by atoms with E-state index in [1.54, 1.807) is 13.8 Å². The molecule has 1 aliphatic carbocycles. The van der Waals surface area contributed by atoms with E-state index in [0.29, 0.717) is 18.7 Å². The third-order valence-electron chi connectivity index (χ3n) is 5.51. The van der Waals surface area contributed by atoms with Gasteiger partial charge in [-0.2, -0.15) is 4.31 Å². The molecule has 3 unspecified atom stereocenters. The lowest BCUT2D eigenvalue weighted by atomic mass is 9.78. The lowest BCUT2D eigenvalue weighted by Gasteiger charge is -2.29. The number of hydrogen-bond donors (Lipinski definition) is 1. The Balaban J connectivity index is 2.00. The van der Waals surface area contributed by atoms with E-state index in [0.717, 1.165) is 24.8 Å². The first kappa shape index (κ1) is 17.3. The average Bonchev–Trinajstić information content (AvgIpc) is 2.95. The smallest absolute Gasteiger partial charge is 0.289 e. The summed E-state index contributed by atoms with van der Waals surface area (Å²) < 4.78 is 27.5. The number of nitrogens with zero attached hydrogens (tertiary/aromatic N) is 2. The van der Waals surface area contributed by atoms with Gasteiger partial charge in [-0.15, -0.1) is 0 Å². The highest BCUT2D eigenvalue weighted by Crippen LogP contribution is 2.39. The fourth-order valence-corrected chi connectivity index (χ4v) is 5.69. The third kappa shape index (κ3) is 2.82. The van der Waals surface area contributed by atoms with Gasteiger partial charge in [0.05, 0.1) is 4.92 Å². The predicted octanol–water partition coefficient (Wildman–Crippen LogP) is 1.96. The summed E-state index contributed by atoms with van der Waals surface area (Å²) in [5, 5.41) is 11.4. The number of nitrogens with two attached hydrogens (primary N) is 1. The van der Waals surface area contributed by atoms with Crippen molar-refractivity contribution in [2.24, 2.45) is 17.6 Å². The number of fused-ring (bicyclic) bond motifs is 1. The predicted molar refractivity (Wildman–Crippen MR) is 90.1 cm³/mol. The fourth-order valence-electron chi connectivity index (χ4n) is 3.93. The molecule has 0 aromatic heterocycles. The molecular formula is C16H23N3O4S. The van der Waals surface area contributed by atoms with E-state index in [4.69, 9.17) is 5.73 Å². The standard InChI is InChI=1S/C16H23N3O4S/c1-10-6-15(19(20)21)16(7-11(10)2)24(22,23)18-8-12-4-3-5-14(17)13(12)9-18/h6-7,12-14H,3-5,8-9,17H2,1-2H3. The minimum Gasteiger partial charge on any atom is -0.327 e. The van der Waals surface area contributed by atoms with Crippen molar-refractivity contribution in [3.05, 3.63) is 33.4 Å². The highest BCUT2D eigenvalue weighted by Gasteiger charge is 2.44. The summed E-state index contributed by atoms with van der Waals surface area (Å²) in [7, 11) is -3.90. The molecule has 2 aliphatic rings. The molecule has 2 N–H and O–H groups in total. The Hall–Kier alpha value is -1.51. The first-order valence-corrected chi connectivity index (χ1v) is 9.67. The van der Waals surface area contributed by atoms with Crippen LogP contribution in [-0.2, 0) is 10.0 Å². The van der Waals surface area contributed by atoms with Gasteiger partial charge in [-0.1, -0.05) is 6.42 Å². The molecule has 24 heavy (non-hydrogen) atoms. The van der Waals surface area contributed by atoms with Crippen LogP contribution in [0, 0.1) is 35.8 Å². The van der Waals surface area contributed by atoms with Crippen molar-refractivity contribution in [2.45, 2.75) is 44.0 Å².